The van der Waals surface area contributed by atoms with Gasteiger partial charge in [0.2, 0.25) is 0 Å². The van der Waals surface area contributed by atoms with Gasteiger partial charge in [-0.15, -0.1) is 0 Å². The van der Waals surface area contributed by atoms with Crippen molar-refractivity contribution in [1.29, 1.82) is 0 Å². The molecule has 1 atom stereocenters. The smallest absolute Gasteiger partial charge is 0.295 e. The van der Waals surface area contributed by atoms with E-state index in [4.69, 9.17) is 4.74 Å². The number of ether oxygens (including phenoxy) is 1. The maximum atomic E-state index is 13.2. The van der Waals surface area contributed by atoms with Gasteiger partial charge in [0.25, 0.3) is 11.7 Å². The largest absolute Gasteiger partial charge is 0.507 e. The normalized spacial score (nSPS) is 18.0. The molecule has 1 saturated heterocycles. The summed E-state index contributed by atoms with van der Waals surface area (Å²) >= 11 is 0. The predicted molar refractivity (Wildman–Crippen MR) is 126 cm³/mol. The van der Waals surface area contributed by atoms with Gasteiger partial charge in [0.15, 0.2) is 0 Å². The first-order valence-electron chi connectivity index (χ1n) is 10.8. The molecule has 1 fully saturated rings. The van der Waals surface area contributed by atoms with Gasteiger partial charge in [-0.05, 0) is 76.7 Å². The van der Waals surface area contributed by atoms with Gasteiger partial charge in [0, 0.05) is 12.1 Å². The zero-order chi connectivity index (χ0) is 23.6. The van der Waals surface area contributed by atoms with Gasteiger partial charge >= 0.3 is 0 Å². The van der Waals surface area contributed by atoms with Gasteiger partial charge in [-0.3, -0.25) is 9.59 Å². The van der Waals surface area contributed by atoms with Crippen LogP contribution in [0, 0.1) is 20.8 Å². The Balaban J connectivity index is 2.16. The van der Waals surface area contributed by atoms with Crippen LogP contribution in [-0.4, -0.2) is 60.9 Å². The summed E-state index contributed by atoms with van der Waals surface area (Å²) in [6, 6.07) is 10.8. The fraction of sp³-hybridized carbons (Fsp3) is 0.385. The Morgan fingerprint density at radius 1 is 1.09 bits per heavy atom. The van der Waals surface area contributed by atoms with Gasteiger partial charge in [-0.2, -0.15) is 0 Å². The maximum Gasteiger partial charge on any atom is 0.295 e. The highest BCUT2D eigenvalue weighted by atomic mass is 16.5. The van der Waals surface area contributed by atoms with Crippen molar-refractivity contribution in [2.45, 2.75) is 33.2 Å². The van der Waals surface area contributed by atoms with E-state index in [0.717, 1.165) is 35.2 Å². The van der Waals surface area contributed by atoms with Crippen LogP contribution < -0.4 is 4.74 Å². The number of methoxy groups -OCH3 is 1. The Bertz CT molecular complexity index is 1070. The van der Waals surface area contributed by atoms with Crippen LogP contribution >= 0.6 is 0 Å². The predicted octanol–water partition coefficient (Wildman–Crippen LogP) is 3.99. The van der Waals surface area contributed by atoms with Gasteiger partial charge in [-0.1, -0.05) is 29.8 Å². The van der Waals surface area contributed by atoms with Crippen LogP contribution in [0.25, 0.3) is 5.76 Å². The fourth-order valence-electron chi connectivity index (χ4n) is 4.26. The van der Waals surface area contributed by atoms with E-state index in [-0.39, 0.29) is 11.3 Å². The highest BCUT2D eigenvalue weighted by molar-refractivity contribution is 6.46. The van der Waals surface area contributed by atoms with Gasteiger partial charge < -0.3 is 19.6 Å². The summed E-state index contributed by atoms with van der Waals surface area (Å²) in [5.41, 5.74) is 4.13. The van der Waals surface area contributed by atoms with Crippen molar-refractivity contribution in [3.8, 4) is 5.75 Å². The lowest BCUT2D eigenvalue weighted by Crippen LogP contribution is -2.32. The van der Waals surface area contributed by atoms with Crippen molar-refractivity contribution in [3.63, 3.8) is 0 Å². The molecule has 32 heavy (non-hydrogen) atoms. The number of aliphatic hydroxyl groups excluding tert-OH is 1. The van der Waals surface area contributed by atoms with Crippen molar-refractivity contribution in [2.75, 3.05) is 34.3 Å². The number of aliphatic hydroxyl groups is 1. The zero-order valence-electron chi connectivity index (χ0n) is 19.7. The second-order valence-corrected chi connectivity index (χ2v) is 8.70. The Hall–Kier alpha value is -3.12. The molecule has 2 aromatic carbocycles. The number of Topliss-reactive ketones (excluding diaryl/α,β-unsaturated/α-hetero) is 1. The van der Waals surface area contributed by atoms with E-state index in [1.54, 1.807) is 18.1 Å². The number of nitrogens with zero attached hydrogens (tertiary/aromatic N) is 2. The number of ketones is 1. The summed E-state index contributed by atoms with van der Waals surface area (Å²) < 4.78 is 5.38. The van der Waals surface area contributed by atoms with Crippen LogP contribution in [0.5, 0.6) is 5.75 Å². The SMILES string of the molecule is COc1cc(C)c(/C(O)=C2\C(=O)C(=O)N(CCCN(C)C)C2c2cccc(C)c2)cc1C. The van der Waals surface area contributed by atoms with Gasteiger partial charge in [0.1, 0.15) is 11.5 Å². The third-order valence-corrected chi connectivity index (χ3v) is 5.90. The minimum Gasteiger partial charge on any atom is -0.507 e. The molecule has 6 nitrogen and oxygen atoms in total. The Kier molecular flexibility index (Phi) is 7.04. The lowest BCUT2D eigenvalue weighted by molar-refractivity contribution is -0.139. The monoisotopic (exact) mass is 436 g/mol. The summed E-state index contributed by atoms with van der Waals surface area (Å²) in [6.45, 7) is 6.93. The molecule has 2 aromatic rings. The third kappa shape index (κ3) is 4.55. The average molecular weight is 437 g/mol. The van der Waals surface area contributed by atoms with Crippen molar-refractivity contribution >= 4 is 17.4 Å². The minimum absolute atomic E-state index is 0.137. The number of hydrogen-bond acceptors (Lipinski definition) is 5. The molecule has 0 spiro atoms. The van der Waals surface area contributed by atoms with Crippen molar-refractivity contribution in [1.82, 2.24) is 9.80 Å². The molecule has 170 valence electrons. The van der Waals surface area contributed by atoms with E-state index < -0.39 is 17.7 Å². The summed E-state index contributed by atoms with van der Waals surface area (Å²) in [7, 11) is 5.54. The first kappa shape index (κ1) is 23.5. The van der Waals surface area contributed by atoms with E-state index in [1.165, 1.54) is 0 Å². The summed E-state index contributed by atoms with van der Waals surface area (Å²) in [5, 5.41) is 11.3. The van der Waals surface area contributed by atoms with Crippen LogP contribution in [-0.2, 0) is 9.59 Å². The zero-order valence-corrected chi connectivity index (χ0v) is 19.7. The van der Waals surface area contributed by atoms with Crippen LogP contribution in [0.4, 0.5) is 0 Å². The lowest BCUT2D eigenvalue weighted by Gasteiger charge is -2.26. The summed E-state index contributed by atoms with van der Waals surface area (Å²) in [4.78, 5) is 29.9. The lowest BCUT2D eigenvalue weighted by atomic mass is 9.92. The van der Waals surface area contributed by atoms with E-state index in [0.29, 0.717) is 17.9 Å². The topological polar surface area (TPSA) is 70.1 Å². The Labute approximate surface area is 190 Å². The molecule has 1 unspecified atom stereocenters. The van der Waals surface area contributed by atoms with Crippen LogP contribution in [0.1, 0.15) is 40.3 Å². The third-order valence-electron chi connectivity index (χ3n) is 5.90. The molecule has 0 radical (unpaired) electrons. The van der Waals surface area contributed by atoms with E-state index in [2.05, 4.69) is 0 Å². The molecule has 1 aliphatic rings. The highest BCUT2D eigenvalue weighted by Crippen LogP contribution is 2.40. The minimum atomic E-state index is -0.647. The highest BCUT2D eigenvalue weighted by Gasteiger charge is 2.46. The number of carbonyl (C=O) groups is 2. The number of amides is 1. The number of carbonyl (C=O) groups excluding carboxylic acids is 2. The number of aryl methyl sites for hydroxylation is 3. The van der Waals surface area contributed by atoms with Crippen molar-refractivity contribution < 1.29 is 19.4 Å². The molecule has 0 aliphatic carbocycles. The summed E-state index contributed by atoms with van der Waals surface area (Å²) in [5.74, 6) is -0.655. The van der Waals surface area contributed by atoms with Crippen molar-refractivity contribution in [2.24, 2.45) is 0 Å². The van der Waals surface area contributed by atoms with Crippen LogP contribution in [0.2, 0.25) is 0 Å². The molecule has 1 N–H and O–H groups in total. The maximum absolute atomic E-state index is 13.2. The quantitative estimate of drug-likeness (QED) is 0.404. The van der Waals surface area contributed by atoms with Crippen LogP contribution in [0.15, 0.2) is 42.0 Å². The molecule has 0 bridgehead atoms. The first-order valence-corrected chi connectivity index (χ1v) is 10.8. The second-order valence-electron chi connectivity index (χ2n) is 8.70. The van der Waals surface area contributed by atoms with E-state index in [1.807, 2.05) is 70.1 Å². The van der Waals surface area contributed by atoms with Gasteiger partial charge in [-0.25, -0.2) is 0 Å². The second kappa shape index (κ2) is 9.57. The Morgan fingerprint density at radius 2 is 1.81 bits per heavy atom. The summed E-state index contributed by atoms with van der Waals surface area (Å²) in [6.07, 6.45) is 0.725. The van der Waals surface area contributed by atoms with E-state index in [9.17, 15) is 14.7 Å². The number of rotatable bonds is 7. The molecule has 3 rings (SSSR count). The fourth-order valence-corrected chi connectivity index (χ4v) is 4.26. The standard InChI is InChI=1S/C26H32N2O4/c1-16-9-7-10-19(13-16)23-22(25(30)26(31)28(23)12-8-11-27(4)5)24(29)20-14-18(3)21(32-6)15-17(20)2/h7,9-10,13-15,23,29H,8,11-12H2,1-6H3/b24-22+. The molecule has 1 aliphatic heterocycles. The average Bonchev–Trinajstić information content (AvgIpc) is 2.99. The Morgan fingerprint density at radius 3 is 2.44 bits per heavy atom. The molecule has 1 heterocycles. The van der Waals surface area contributed by atoms with E-state index >= 15 is 0 Å². The first-order chi connectivity index (χ1) is 15.1. The number of hydrogen-bond donors (Lipinski definition) is 1. The molecule has 6 heteroatoms. The molecule has 0 aromatic heterocycles. The van der Waals surface area contributed by atoms with Crippen LogP contribution in [0.3, 0.4) is 0 Å². The number of likely N-dealkylation sites (tertiary alicyclic amines) is 1. The molecule has 1 amide bonds. The van der Waals surface area contributed by atoms with Gasteiger partial charge in [0.05, 0.1) is 18.7 Å². The molecular weight excluding hydrogens is 404 g/mol. The number of benzene rings is 2. The van der Waals surface area contributed by atoms with Crippen molar-refractivity contribution in [3.05, 3.63) is 69.8 Å². The molecule has 0 saturated carbocycles. The molecular formula is C26H32N2O4.